The normalized spacial score (nSPS) is 11.2. The summed E-state index contributed by atoms with van der Waals surface area (Å²) >= 11 is 1.49. The van der Waals surface area contributed by atoms with Gasteiger partial charge in [-0.15, -0.1) is 16.4 Å². The van der Waals surface area contributed by atoms with E-state index in [1.807, 2.05) is 13.0 Å². The van der Waals surface area contributed by atoms with E-state index < -0.39 is 0 Å². The second-order valence-corrected chi connectivity index (χ2v) is 6.53. The second-order valence-electron chi connectivity index (χ2n) is 5.53. The number of nitrogens with one attached hydrogen (secondary N) is 1. The molecule has 0 amide bonds. The predicted molar refractivity (Wildman–Crippen MR) is 95.5 cm³/mol. The van der Waals surface area contributed by atoms with Gasteiger partial charge >= 0.3 is 0 Å². The molecule has 6 nitrogen and oxygen atoms in total. The van der Waals surface area contributed by atoms with E-state index in [2.05, 4.69) is 25.5 Å². The number of aryl methyl sites for hydroxylation is 1. The van der Waals surface area contributed by atoms with Gasteiger partial charge in [0.15, 0.2) is 11.6 Å². The van der Waals surface area contributed by atoms with Crippen LogP contribution in [-0.2, 0) is 6.54 Å². The third-order valence-corrected chi connectivity index (χ3v) is 4.99. The Hall–Kier alpha value is -2.87. The Bertz CT molecular complexity index is 1080. The van der Waals surface area contributed by atoms with E-state index in [-0.39, 0.29) is 11.6 Å². The largest absolute Gasteiger partial charge is 0.494 e. The molecule has 4 aromatic rings. The van der Waals surface area contributed by atoms with Crippen molar-refractivity contribution in [1.29, 1.82) is 0 Å². The monoisotopic (exact) mass is 355 g/mol. The lowest BCUT2D eigenvalue weighted by Crippen LogP contribution is -2.02. The first kappa shape index (κ1) is 15.6. The molecule has 8 heteroatoms. The second kappa shape index (κ2) is 6.21. The quantitative estimate of drug-likeness (QED) is 0.602. The summed E-state index contributed by atoms with van der Waals surface area (Å²) in [6.45, 7) is 2.42. The Labute approximate surface area is 146 Å². The molecule has 0 saturated carbocycles. The van der Waals surface area contributed by atoms with Gasteiger partial charge in [0.05, 0.1) is 23.5 Å². The number of anilines is 1. The molecule has 4 rings (SSSR count). The molecular formula is C17H14FN5OS. The van der Waals surface area contributed by atoms with Crippen molar-refractivity contribution in [3.8, 4) is 5.75 Å². The van der Waals surface area contributed by atoms with Gasteiger partial charge in [0, 0.05) is 11.9 Å². The lowest BCUT2D eigenvalue weighted by Gasteiger charge is -2.08. The van der Waals surface area contributed by atoms with Crippen LogP contribution in [0.25, 0.3) is 20.4 Å². The molecule has 3 aromatic heterocycles. The van der Waals surface area contributed by atoms with Crippen LogP contribution < -0.4 is 10.1 Å². The van der Waals surface area contributed by atoms with Crippen LogP contribution in [0.3, 0.4) is 0 Å². The van der Waals surface area contributed by atoms with E-state index in [9.17, 15) is 4.39 Å². The zero-order valence-corrected chi connectivity index (χ0v) is 14.4. The van der Waals surface area contributed by atoms with Crippen LogP contribution in [0, 0.1) is 12.7 Å². The average Bonchev–Trinajstić information content (AvgIpc) is 3.00. The first-order valence-electron chi connectivity index (χ1n) is 7.59. The van der Waals surface area contributed by atoms with Gasteiger partial charge in [-0.1, -0.05) is 6.07 Å². The summed E-state index contributed by atoms with van der Waals surface area (Å²) in [5.74, 6) is 0.540. The molecular weight excluding hydrogens is 341 g/mol. The number of hydrogen-bond acceptors (Lipinski definition) is 7. The third-order valence-electron chi connectivity index (χ3n) is 3.92. The molecule has 0 aliphatic carbocycles. The van der Waals surface area contributed by atoms with Gasteiger partial charge in [0.2, 0.25) is 0 Å². The maximum Gasteiger partial charge on any atom is 0.165 e. The number of fused-ring (bicyclic) bond motifs is 3. The number of thiophene rings is 1. The van der Waals surface area contributed by atoms with Crippen molar-refractivity contribution >= 4 is 37.6 Å². The fraction of sp³-hybridized carbons (Fsp3) is 0.176. The van der Waals surface area contributed by atoms with Gasteiger partial charge in [0.25, 0.3) is 0 Å². The number of halogens is 1. The SMILES string of the molecule is COc1ccc(CNc2ncnc3c2sc2nncc(C)c23)cc1F. The molecule has 0 bridgehead atoms. The van der Waals surface area contributed by atoms with Gasteiger partial charge in [-0.05, 0) is 30.2 Å². The summed E-state index contributed by atoms with van der Waals surface area (Å²) in [6, 6.07) is 4.87. The minimum atomic E-state index is -0.387. The topological polar surface area (TPSA) is 72.8 Å². The van der Waals surface area contributed by atoms with E-state index in [0.717, 1.165) is 31.6 Å². The van der Waals surface area contributed by atoms with Crippen molar-refractivity contribution < 1.29 is 9.13 Å². The number of aromatic nitrogens is 4. The molecule has 0 fully saturated rings. The standard InChI is InChI=1S/C17H14FN5OS/c1-9-6-22-23-17-13(9)14-15(25-17)16(21-8-20-14)19-7-10-3-4-12(24-2)11(18)5-10/h3-6,8H,7H2,1-2H3,(H,19,20,21). The van der Waals surface area contributed by atoms with Gasteiger partial charge in [-0.25, -0.2) is 14.4 Å². The van der Waals surface area contributed by atoms with Crippen LogP contribution in [0.1, 0.15) is 11.1 Å². The highest BCUT2D eigenvalue weighted by atomic mass is 32.1. The molecule has 0 atom stereocenters. The van der Waals surface area contributed by atoms with Gasteiger partial charge < -0.3 is 10.1 Å². The number of methoxy groups -OCH3 is 1. The van der Waals surface area contributed by atoms with Crippen LogP contribution in [0.15, 0.2) is 30.7 Å². The average molecular weight is 355 g/mol. The van der Waals surface area contributed by atoms with E-state index in [1.165, 1.54) is 30.8 Å². The highest BCUT2D eigenvalue weighted by molar-refractivity contribution is 7.25. The summed E-state index contributed by atoms with van der Waals surface area (Å²) in [6.07, 6.45) is 3.25. The predicted octanol–water partition coefficient (Wildman–Crippen LogP) is 3.70. The number of benzene rings is 1. The number of ether oxygens (including phenoxy) is 1. The fourth-order valence-electron chi connectivity index (χ4n) is 2.69. The summed E-state index contributed by atoms with van der Waals surface area (Å²) in [7, 11) is 1.44. The summed E-state index contributed by atoms with van der Waals surface area (Å²) in [4.78, 5) is 9.55. The Morgan fingerprint density at radius 3 is 2.96 bits per heavy atom. The van der Waals surface area contributed by atoms with Crippen LogP contribution in [-0.4, -0.2) is 27.3 Å². The molecule has 0 unspecified atom stereocenters. The number of rotatable bonds is 4. The van der Waals surface area contributed by atoms with Crippen molar-refractivity contribution in [2.24, 2.45) is 0 Å². The molecule has 0 aliphatic rings. The van der Waals surface area contributed by atoms with Crippen LogP contribution >= 0.6 is 11.3 Å². The maximum absolute atomic E-state index is 13.8. The van der Waals surface area contributed by atoms with Gasteiger partial charge in [0.1, 0.15) is 17.0 Å². The first-order valence-corrected chi connectivity index (χ1v) is 8.41. The molecule has 3 heterocycles. The Balaban J connectivity index is 1.69. The van der Waals surface area contributed by atoms with Crippen LogP contribution in [0.2, 0.25) is 0 Å². The smallest absolute Gasteiger partial charge is 0.165 e. The fourth-order valence-corrected chi connectivity index (χ4v) is 3.80. The molecule has 126 valence electrons. The highest BCUT2D eigenvalue weighted by Gasteiger charge is 2.14. The molecule has 1 N–H and O–H groups in total. The number of nitrogens with zero attached hydrogens (tertiary/aromatic N) is 4. The lowest BCUT2D eigenvalue weighted by atomic mass is 10.2. The minimum Gasteiger partial charge on any atom is -0.494 e. The van der Waals surface area contributed by atoms with Crippen molar-refractivity contribution in [3.63, 3.8) is 0 Å². The summed E-state index contributed by atoms with van der Waals surface area (Å²) in [5, 5.41) is 12.4. The molecule has 1 aromatic carbocycles. The van der Waals surface area contributed by atoms with Crippen molar-refractivity contribution in [1.82, 2.24) is 20.2 Å². The Morgan fingerprint density at radius 1 is 1.28 bits per heavy atom. The van der Waals surface area contributed by atoms with Crippen molar-refractivity contribution in [3.05, 3.63) is 47.7 Å². The van der Waals surface area contributed by atoms with Gasteiger partial charge in [-0.2, -0.15) is 5.10 Å². The number of hydrogen-bond donors (Lipinski definition) is 1. The third kappa shape index (κ3) is 2.74. The Kier molecular flexibility index (Phi) is 3.89. The minimum absolute atomic E-state index is 0.228. The van der Waals surface area contributed by atoms with Crippen LogP contribution in [0.4, 0.5) is 10.2 Å². The van der Waals surface area contributed by atoms with E-state index in [1.54, 1.807) is 12.3 Å². The van der Waals surface area contributed by atoms with Crippen molar-refractivity contribution in [2.75, 3.05) is 12.4 Å². The zero-order valence-electron chi connectivity index (χ0n) is 13.6. The van der Waals surface area contributed by atoms with E-state index >= 15 is 0 Å². The van der Waals surface area contributed by atoms with Crippen molar-refractivity contribution in [2.45, 2.75) is 13.5 Å². The highest BCUT2D eigenvalue weighted by Crippen LogP contribution is 2.35. The van der Waals surface area contributed by atoms with E-state index in [4.69, 9.17) is 4.74 Å². The van der Waals surface area contributed by atoms with Crippen LogP contribution in [0.5, 0.6) is 5.75 Å². The zero-order chi connectivity index (χ0) is 17.4. The lowest BCUT2D eigenvalue weighted by molar-refractivity contribution is 0.386. The molecule has 0 spiro atoms. The molecule has 0 radical (unpaired) electrons. The summed E-state index contributed by atoms with van der Waals surface area (Å²) < 4.78 is 19.7. The molecule has 0 saturated heterocycles. The van der Waals surface area contributed by atoms with E-state index in [0.29, 0.717) is 12.4 Å². The maximum atomic E-state index is 13.8. The van der Waals surface area contributed by atoms with Gasteiger partial charge in [-0.3, -0.25) is 0 Å². The molecule has 25 heavy (non-hydrogen) atoms. The molecule has 0 aliphatic heterocycles. The Morgan fingerprint density at radius 2 is 2.16 bits per heavy atom. The summed E-state index contributed by atoms with van der Waals surface area (Å²) in [5.41, 5.74) is 2.67. The first-order chi connectivity index (χ1) is 12.2.